The molecular weight excluding hydrogens is 236 g/mol. The Morgan fingerprint density at radius 1 is 1.56 bits per heavy atom. The summed E-state index contributed by atoms with van der Waals surface area (Å²) in [6, 6.07) is -0.756. The minimum absolute atomic E-state index is 0.0905. The zero-order valence-electron chi connectivity index (χ0n) is 10.5. The van der Waals surface area contributed by atoms with E-state index in [0.717, 1.165) is 5.82 Å². The maximum absolute atomic E-state index is 11.4. The van der Waals surface area contributed by atoms with Gasteiger partial charge < -0.3 is 20.3 Å². The first kappa shape index (κ1) is 14.0. The molecule has 1 aromatic rings. The van der Waals surface area contributed by atoms with Gasteiger partial charge in [0, 0.05) is 38.4 Å². The molecule has 3 N–H and O–H groups in total. The van der Waals surface area contributed by atoms with Crippen LogP contribution in [-0.4, -0.2) is 39.2 Å². The van der Waals surface area contributed by atoms with E-state index in [1.807, 2.05) is 17.8 Å². The highest BCUT2D eigenvalue weighted by Crippen LogP contribution is 1.94. The fraction of sp³-hybridized carbons (Fsp3) is 0.545. The normalized spacial score (nSPS) is 11.9. The fourth-order valence-electron chi connectivity index (χ4n) is 1.51. The van der Waals surface area contributed by atoms with E-state index in [-0.39, 0.29) is 12.5 Å². The van der Waals surface area contributed by atoms with Crippen molar-refractivity contribution in [3.05, 3.63) is 18.2 Å². The summed E-state index contributed by atoms with van der Waals surface area (Å²) in [7, 11) is 1.89. The lowest BCUT2D eigenvalue weighted by Crippen LogP contribution is -2.42. The van der Waals surface area contributed by atoms with Crippen LogP contribution in [0, 0.1) is 0 Å². The van der Waals surface area contributed by atoms with Gasteiger partial charge >= 0.3 is 12.0 Å². The summed E-state index contributed by atoms with van der Waals surface area (Å²) in [5.74, 6) is -0.0512. The highest BCUT2D eigenvalue weighted by atomic mass is 16.4. The van der Waals surface area contributed by atoms with E-state index in [0.29, 0.717) is 13.0 Å². The molecule has 0 saturated heterocycles. The number of nitrogens with zero attached hydrogens (tertiary/aromatic N) is 2. The number of aromatic nitrogens is 2. The number of rotatable bonds is 6. The quantitative estimate of drug-likeness (QED) is 0.672. The Bertz CT molecular complexity index is 416. The van der Waals surface area contributed by atoms with Gasteiger partial charge in [0.2, 0.25) is 0 Å². The monoisotopic (exact) mass is 254 g/mol. The fourth-order valence-corrected chi connectivity index (χ4v) is 1.51. The number of hydrogen-bond acceptors (Lipinski definition) is 3. The van der Waals surface area contributed by atoms with Crippen LogP contribution in [0.15, 0.2) is 12.4 Å². The number of carboxylic acid groups (broad SMARTS) is 1. The summed E-state index contributed by atoms with van der Waals surface area (Å²) in [5.41, 5.74) is 0. The first-order chi connectivity index (χ1) is 8.49. The molecule has 1 rings (SSSR count). The summed E-state index contributed by atoms with van der Waals surface area (Å²) < 4.78 is 1.88. The number of carboxylic acids is 1. The molecule has 1 aromatic heterocycles. The summed E-state index contributed by atoms with van der Waals surface area (Å²) >= 11 is 0. The van der Waals surface area contributed by atoms with Crippen LogP contribution in [-0.2, 0) is 18.3 Å². The minimum atomic E-state index is -0.934. The number of imidazole rings is 1. The Labute approximate surface area is 105 Å². The van der Waals surface area contributed by atoms with Crippen molar-refractivity contribution in [2.75, 3.05) is 6.54 Å². The third-order valence-electron chi connectivity index (χ3n) is 2.41. The molecule has 0 radical (unpaired) electrons. The molecule has 0 saturated carbocycles. The molecular formula is C11H18N4O3. The van der Waals surface area contributed by atoms with Gasteiger partial charge in [0.25, 0.3) is 0 Å². The van der Waals surface area contributed by atoms with Gasteiger partial charge in [-0.1, -0.05) is 0 Å². The summed E-state index contributed by atoms with van der Waals surface area (Å²) in [6.45, 7) is 2.10. The van der Waals surface area contributed by atoms with Crippen molar-refractivity contribution in [3.63, 3.8) is 0 Å². The number of carbonyl (C=O) groups is 2. The standard InChI is InChI=1S/C11H18N4O3/c1-8(7-10(16)17)14-11(18)13-4-3-9-12-5-6-15(9)2/h5-6,8H,3-4,7H2,1-2H3,(H,16,17)(H2,13,14,18). The summed E-state index contributed by atoms with van der Waals surface area (Å²) in [4.78, 5) is 25.9. The van der Waals surface area contributed by atoms with Gasteiger partial charge in [0.15, 0.2) is 0 Å². The number of nitrogens with one attached hydrogen (secondary N) is 2. The number of aliphatic carboxylic acids is 1. The molecule has 7 heteroatoms. The molecule has 1 heterocycles. The van der Waals surface area contributed by atoms with E-state index < -0.39 is 12.0 Å². The second-order valence-corrected chi connectivity index (χ2v) is 4.10. The lowest BCUT2D eigenvalue weighted by Gasteiger charge is -2.12. The molecule has 0 aliphatic heterocycles. The Balaban J connectivity index is 2.21. The van der Waals surface area contributed by atoms with Crippen molar-refractivity contribution >= 4 is 12.0 Å². The van der Waals surface area contributed by atoms with Crippen molar-refractivity contribution in [3.8, 4) is 0 Å². The summed E-state index contributed by atoms with van der Waals surface area (Å²) in [6.07, 6.45) is 4.08. The summed E-state index contributed by atoms with van der Waals surface area (Å²) in [5, 5.41) is 13.7. The minimum Gasteiger partial charge on any atom is -0.481 e. The van der Waals surface area contributed by atoms with Crippen LogP contribution in [0.25, 0.3) is 0 Å². The molecule has 100 valence electrons. The largest absolute Gasteiger partial charge is 0.481 e. The second-order valence-electron chi connectivity index (χ2n) is 4.10. The first-order valence-electron chi connectivity index (χ1n) is 5.71. The van der Waals surface area contributed by atoms with Crippen LogP contribution in [0.1, 0.15) is 19.2 Å². The van der Waals surface area contributed by atoms with E-state index in [2.05, 4.69) is 15.6 Å². The Hall–Kier alpha value is -2.05. The molecule has 18 heavy (non-hydrogen) atoms. The third-order valence-corrected chi connectivity index (χ3v) is 2.41. The van der Waals surface area contributed by atoms with Gasteiger partial charge in [-0.3, -0.25) is 4.79 Å². The Kier molecular flexibility index (Phi) is 5.16. The number of aryl methyl sites for hydroxylation is 1. The molecule has 1 unspecified atom stereocenters. The number of amides is 2. The molecule has 0 aromatic carbocycles. The van der Waals surface area contributed by atoms with Crippen molar-refractivity contribution in [1.82, 2.24) is 20.2 Å². The molecule has 0 bridgehead atoms. The van der Waals surface area contributed by atoms with E-state index in [4.69, 9.17) is 5.11 Å². The topological polar surface area (TPSA) is 96.2 Å². The van der Waals surface area contributed by atoms with Crippen LogP contribution in [0.2, 0.25) is 0 Å². The van der Waals surface area contributed by atoms with Crippen molar-refractivity contribution in [2.24, 2.45) is 7.05 Å². The average molecular weight is 254 g/mol. The van der Waals surface area contributed by atoms with Crippen LogP contribution in [0.3, 0.4) is 0 Å². The molecule has 0 aliphatic rings. The molecule has 0 aliphatic carbocycles. The SMILES string of the molecule is CC(CC(=O)O)NC(=O)NCCc1nccn1C. The van der Waals surface area contributed by atoms with Gasteiger partial charge in [0.1, 0.15) is 5.82 Å². The van der Waals surface area contributed by atoms with Gasteiger partial charge in [-0.05, 0) is 6.92 Å². The predicted octanol–water partition coefficient (Wildman–Crippen LogP) is 0.125. The van der Waals surface area contributed by atoms with Crippen LogP contribution < -0.4 is 10.6 Å². The highest BCUT2D eigenvalue weighted by molar-refractivity contribution is 5.75. The zero-order chi connectivity index (χ0) is 13.5. The van der Waals surface area contributed by atoms with E-state index in [1.165, 1.54) is 0 Å². The van der Waals surface area contributed by atoms with E-state index in [1.54, 1.807) is 13.1 Å². The lowest BCUT2D eigenvalue weighted by molar-refractivity contribution is -0.137. The van der Waals surface area contributed by atoms with Gasteiger partial charge in [0.05, 0.1) is 6.42 Å². The van der Waals surface area contributed by atoms with Crippen molar-refractivity contribution in [1.29, 1.82) is 0 Å². The van der Waals surface area contributed by atoms with Crippen LogP contribution in [0.5, 0.6) is 0 Å². The third kappa shape index (κ3) is 4.86. The zero-order valence-corrected chi connectivity index (χ0v) is 10.5. The van der Waals surface area contributed by atoms with Crippen molar-refractivity contribution in [2.45, 2.75) is 25.8 Å². The Morgan fingerprint density at radius 3 is 2.83 bits per heavy atom. The number of carbonyl (C=O) groups excluding carboxylic acids is 1. The maximum atomic E-state index is 11.4. The molecule has 7 nitrogen and oxygen atoms in total. The smallest absolute Gasteiger partial charge is 0.315 e. The van der Waals surface area contributed by atoms with Gasteiger partial charge in [-0.25, -0.2) is 9.78 Å². The van der Waals surface area contributed by atoms with Gasteiger partial charge in [-0.2, -0.15) is 0 Å². The Morgan fingerprint density at radius 2 is 2.28 bits per heavy atom. The van der Waals surface area contributed by atoms with Crippen molar-refractivity contribution < 1.29 is 14.7 Å². The van der Waals surface area contributed by atoms with Crippen LogP contribution in [0.4, 0.5) is 4.79 Å². The number of urea groups is 1. The molecule has 2 amide bonds. The predicted molar refractivity (Wildman–Crippen MR) is 65.2 cm³/mol. The first-order valence-corrected chi connectivity index (χ1v) is 5.71. The van der Waals surface area contributed by atoms with E-state index in [9.17, 15) is 9.59 Å². The van der Waals surface area contributed by atoms with E-state index >= 15 is 0 Å². The molecule has 0 fully saturated rings. The second kappa shape index (κ2) is 6.63. The average Bonchev–Trinajstić information content (AvgIpc) is 2.63. The molecule has 1 atom stereocenters. The highest BCUT2D eigenvalue weighted by Gasteiger charge is 2.10. The maximum Gasteiger partial charge on any atom is 0.315 e. The van der Waals surface area contributed by atoms with Gasteiger partial charge in [-0.15, -0.1) is 0 Å². The van der Waals surface area contributed by atoms with Crippen LogP contribution >= 0.6 is 0 Å². The number of hydrogen-bond donors (Lipinski definition) is 3. The lowest BCUT2D eigenvalue weighted by atomic mass is 10.2. The molecule has 0 spiro atoms.